The lowest BCUT2D eigenvalue weighted by atomic mass is 9.98. The number of ether oxygens (including phenoxy) is 1. The zero-order valence-corrected chi connectivity index (χ0v) is 14.0. The first-order chi connectivity index (χ1) is 12.1. The highest BCUT2D eigenvalue weighted by Crippen LogP contribution is 2.17. The second kappa shape index (κ2) is 7.77. The highest BCUT2D eigenvalue weighted by Gasteiger charge is 2.19. The molecule has 0 aliphatic rings. The SMILES string of the molecule is O=C(OCCn1cccn1)c1ccccc1C(=O)c1ccc(Cl)cc1. The van der Waals surface area contributed by atoms with Crippen LogP contribution in [0.15, 0.2) is 67.0 Å². The Morgan fingerprint density at radius 2 is 1.72 bits per heavy atom. The maximum atomic E-state index is 12.7. The van der Waals surface area contributed by atoms with E-state index in [1.807, 2.05) is 0 Å². The van der Waals surface area contributed by atoms with E-state index >= 15 is 0 Å². The molecule has 0 saturated heterocycles. The molecule has 0 spiro atoms. The molecule has 0 unspecified atom stereocenters. The second-order valence-corrected chi connectivity index (χ2v) is 5.72. The number of halogens is 1. The maximum Gasteiger partial charge on any atom is 0.338 e. The molecule has 0 radical (unpaired) electrons. The Morgan fingerprint density at radius 3 is 2.40 bits per heavy atom. The van der Waals surface area contributed by atoms with Gasteiger partial charge in [-0.3, -0.25) is 9.48 Å². The summed E-state index contributed by atoms with van der Waals surface area (Å²) in [5, 5.41) is 4.58. The number of rotatable bonds is 6. The Morgan fingerprint density at radius 1 is 1.00 bits per heavy atom. The van der Waals surface area contributed by atoms with Crippen molar-refractivity contribution in [3.8, 4) is 0 Å². The summed E-state index contributed by atoms with van der Waals surface area (Å²) in [6.07, 6.45) is 3.44. The Balaban J connectivity index is 1.74. The zero-order valence-electron chi connectivity index (χ0n) is 13.3. The fraction of sp³-hybridized carbons (Fsp3) is 0.105. The van der Waals surface area contributed by atoms with E-state index in [9.17, 15) is 9.59 Å². The van der Waals surface area contributed by atoms with Gasteiger partial charge in [0.15, 0.2) is 5.78 Å². The predicted octanol–water partition coefficient (Wildman–Crippen LogP) is 3.62. The average Bonchev–Trinajstić information content (AvgIpc) is 3.15. The van der Waals surface area contributed by atoms with Crippen LogP contribution in [-0.2, 0) is 11.3 Å². The van der Waals surface area contributed by atoms with Crippen LogP contribution in [0.25, 0.3) is 0 Å². The molecule has 1 aromatic heterocycles. The number of hydrogen-bond donors (Lipinski definition) is 0. The predicted molar refractivity (Wildman–Crippen MR) is 93.8 cm³/mol. The van der Waals surface area contributed by atoms with E-state index in [2.05, 4.69) is 5.10 Å². The highest BCUT2D eigenvalue weighted by molar-refractivity contribution is 6.30. The molecule has 3 aromatic rings. The van der Waals surface area contributed by atoms with Crippen molar-refractivity contribution >= 4 is 23.4 Å². The van der Waals surface area contributed by atoms with E-state index in [0.717, 1.165) is 0 Å². The molecular weight excluding hydrogens is 340 g/mol. The van der Waals surface area contributed by atoms with Crippen molar-refractivity contribution in [2.24, 2.45) is 0 Å². The van der Waals surface area contributed by atoms with Crippen molar-refractivity contribution in [3.63, 3.8) is 0 Å². The fourth-order valence-electron chi connectivity index (χ4n) is 2.36. The first-order valence-corrected chi connectivity index (χ1v) is 8.07. The summed E-state index contributed by atoms with van der Waals surface area (Å²) >= 11 is 5.85. The number of carbonyl (C=O) groups is 2. The first-order valence-electron chi connectivity index (χ1n) is 7.69. The first kappa shape index (κ1) is 16.9. The molecule has 0 aliphatic carbocycles. The molecular formula is C19H15ClN2O3. The van der Waals surface area contributed by atoms with Crippen LogP contribution in [0.3, 0.4) is 0 Å². The third-order valence-corrected chi connectivity index (χ3v) is 3.86. The summed E-state index contributed by atoms with van der Waals surface area (Å²) < 4.78 is 6.94. The van der Waals surface area contributed by atoms with Crippen LogP contribution < -0.4 is 0 Å². The molecule has 0 bridgehead atoms. The van der Waals surface area contributed by atoms with Crippen molar-refractivity contribution in [2.45, 2.75) is 6.54 Å². The van der Waals surface area contributed by atoms with Crippen LogP contribution in [-0.4, -0.2) is 28.1 Å². The molecule has 6 heteroatoms. The Kier molecular flexibility index (Phi) is 5.26. The number of carbonyl (C=O) groups excluding carboxylic acids is 2. The van der Waals surface area contributed by atoms with Crippen molar-refractivity contribution in [3.05, 3.63) is 88.7 Å². The van der Waals surface area contributed by atoms with E-state index in [1.165, 1.54) is 0 Å². The van der Waals surface area contributed by atoms with Gasteiger partial charge in [0.25, 0.3) is 0 Å². The second-order valence-electron chi connectivity index (χ2n) is 5.29. The van der Waals surface area contributed by atoms with Crippen molar-refractivity contribution in [1.82, 2.24) is 9.78 Å². The highest BCUT2D eigenvalue weighted by atomic mass is 35.5. The monoisotopic (exact) mass is 354 g/mol. The number of ketones is 1. The lowest BCUT2D eigenvalue weighted by Gasteiger charge is -2.09. The summed E-state index contributed by atoms with van der Waals surface area (Å²) in [6, 6.07) is 14.9. The molecule has 0 atom stereocenters. The van der Waals surface area contributed by atoms with Gasteiger partial charge in [0.2, 0.25) is 0 Å². The normalized spacial score (nSPS) is 10.4. The molecule has 0 saturated carbocycles. The third-order valence-electron chi connectivity index (χ3n) is 3.61. The molecule has 2 aromatic carbocycles. The minimum absolute atomic E-state index is 0.171. The Hall–Kier alpha value is -2.92. The van der Waals surface area contributed by atoms with Gasteiger partial charge in [-0.05, 0) is 36.4 Å². The van der Waals surface area contributed by atoms with Crippen molar-refractivity contribution in [2.75, 3.05) is 6.61 Å². The minimum Gasteiger partial charge on any atom is -0.460 e. The number of nitrogens with zero attached hydrogens (tertiary/aromatic N) is 2. The van der Waals surface area contributed by atoms with Crippen LogP contribution in [0.2, 0.25) is 5.02 Å². The smallest absolute Gasteiger partial charge is 0.338 e. The van der Waals surface area contributed by atoms with Gasteiger partial charge in [0.05, 0.1) is 12.1 Å². The summed E-state index contributed by atoms with van der Waals surface area (Å²) in [6.45, 7) is 0.621. The van der Waals surface area contributed by atoms with Crippen LogP contribution in [0.1, 0.15) is 26.3 Å². The summed E-state index contributed by atoms with van der Waals surface area (Å²) in [5.41, 5.74) is 0.998. The largest absolute Gasteiger partial charge is 0.460 e. The molecule has 25 heavy (non-hydrogen) atoms. The maximum absolute atomic E-state index is 12.7. The third kappa shape index (κ3) is 4.14. The molecule has 0 fully saturated rings. The number of hydrogen-bond acceptors (Lipinski definition) is 4. The van der Waals surface area contributed by atoms with E-state index in [-0.39, 0.29) is 18.0 Å². The molecule has 5 nitrogen and oxygen atoms in total. The van der Waals surface area contributed by atoms with Crippen LogP contribution >= 0.6 is 11.6 Å². The molecule has 1 heterocycles. The lowest BCUT2D eigenvalue weighted by molar-refractivity contribution is 0.0485. The van der Waals surface area contributed by atoms with E-state index in [0.29, 0.717) is 22.7 Å². The van der Waals surface area contributed by atoms with Crippen LogP contribution in [0.5, 0.6) is 0 Å². The number of benzene rings is 2. The van der Waals surface area contributed by atoms with Crippen molar-refractivity contribution in [1.29, 1.82) is 0 Å². The van der Waals surface area contributed by atoms with Gasteiger partial charge >= 0.3 is 5.97 Å². The number of aromatic nitrogens is 2. The van der Waals surface area contributed by atoms with Crippen molar-refractivity contribution < 1.29 is 14.3 Å². The lowest BCUT2D eigenvalue weighted by Crippen LogP contribution is -2.15. The van der Waals surface area contributed by atoms with Gasteiger partial charge < -0.3 is 4.74 Å². The average molecular weight is 355 g/mol. The van der Waals surface area contributed by atoms with E-state index < -0.39 is 5.97 Å². The summed E-state index contributed by atoms with van der Waals surface area (Å²) in [4.78, 5) is 25.0. The topological polar surface area (TPSA) is 61.2 Å². The van der Waals surface area contributed by atoms with Gasteiger partial charge in [-0.2, -0.15) is 5.10 Å². The summed E-state index contributed by atoms with van der Waals surface area (Å²) in [5.74, 6) is -0.790. The van der Waals surface area contributed by atoms with Gasteiger partial charge in [-0.15, -0.1) is 0 Å². The van der Waals surface area contributed by atoms with Crippen LogP contribution in [0, 0.1) is 0 Å². The minimum atomic E-state index is -0.537. The fourth-order valence-corrected chi connectivity index (χ4v) is 2.48. The standard InChI is InChI=1S/C19H15ClN2O3/c20-15-8-6-14(7-9-15)18(23)16-4-1-2-5-17(16)19(24)25-13-12-22-11-3-10-21-22/h1-11H,12-13H2. The quantitative estimate of drug-likeness (QED) is 0.501. The van der Waals surface area contributed by atoms with E-state index in [1.54, 1.807) is 71.7 Å². The van der Waals surface area contributed by atoms with Gasteiger partial charge in [-0.1, -0.05) is 29.8 Å². The van der Waals surface area contributed by atoms with Gasteiger partial charge in [0, 0.05) is 28.5 Å². The molecule has 0 aliphatic heterocycles. The zero-order chi connectivity index (χ0) is 17.6. The number of esters is 1. The van der Waals surface area contributed by atoms with E-state index in [4.69, 9.17) is 16.3 Å². The van der Waals surface area contributed by atoms with Gasteiger partial charge in [-0.25, -0.2) is 4.79 Å². The Bertz CT molecular complexity index is 874. The Labute approximate surface area is 149 Å². The molecule has 3 rings (SSSR count). The van der Waals surface area contributed by atoms with Crippen LogP contribution in [0.4, 0.5) is 0 Å². The molecule has 0 N–H and O–H groups in total. The molecule has 0 amide bonds. The summed E-state index contributed by atoms with van der Waals surface area (Å²) in [7, 11) is 0. The molecule has 126 valence electrons. The van der Waals surface area contributed by atoms with Gasteiger partial charge in [0.1, 0.15) is 6.61 Å².